The zero-order chi connectivity index (χ0) is 11.0. The average Bonchev–Trinajstić information content (AvgIpc) is 2.97. The van der Waals surface area contributed by atoms with Crippen LogP contribution >= 0.6 is 11.6 Å². The number of carboxylic acids is 1. The van der Waals surface area contributed by atoms with Gasteiger partial charge < -0.3 is 9.84 Å². The topological polar surface area (TPSA) is 46.5 Å². The fraction of sp³-hybridized carbons (Fsp3) is 0.364. The van der Waals surface area contributed by atoms with Gasteiger partial charge in [0.05, 0.1) is 13.0 Å². The van der Waals surface area contributed by atoms with Crippen LogP contribution in [0.5, 0.6) is 5.75 Å². The second-order valence-electron chi connectivity index (χ2n) is 3.67. The van der Waals surface area contributed by atoms with Crippen LogP contribution in [0.3, 0.4) is 0 Å². The molecule has 1 saturated carbocycles. The largest absolute Gasteiger partial charge is 0.497 e. The molecule has 2 rings (SSSR count). The molecule has 80 valence electrons. The Balaban J connectivity index is 2.21. The van der Waals surface area contributed by atoms with E-state index in [1.807, 2.05) is 6.07 Å². The molecule has 4 heteroatoms. The molecule has 1 aliphatic carbocycles. The maximum Gasteiger partial charge on any atom is 0.307 e. The number of rotatable bonds is 3. The van der Waals surface area contributed by atoms with E-state index in [2.05, 4.69) is 0 Å². The van der Waals surface area contributed by atoms with Gasteiger partial charge in [0.2, 0.25) is 0 Å². The van der Waals surface area contributed by atoms with Crippen molar-refractivity contribution >= 4 is 17.6 Å². The standard InChI is InChI=1S/C11H11ClO3/c1-15-6-2-3-7(10(12)4-6)8-5-9(8)11(13)14/h2-4,8-9H,5H2,1H3,(H,13,14)/t8-,9+/m0/s1. The van der Waals surface area contributed by atoms with Crippen LogP contribution < -0.4 is 4.74 Å². The zero-order valence-corrected chi connectivity index (χ0v) is 8.99. The predicted octanol–water partition coefficient (Wildman–Crippen LogP) is 2.54. The van der Waals surface area contributed by atoms with E-state index in [0.29, 0.717) is 17.2 Å². The van der Waals surface area contributed by atoms with Crippen molar-refractivity contribution in [1.29, 1.82) is 0 Å². The van der Waals surface area contributed by atoms with Gasteiger partial charge in [0, 0.05) is 5.02 Å². The molecule has 1 fully saturated rings. The first-order chi connectivity index (χ1) is 7.13. The number of carboxylic acid groups (broad SMARTS) is 1. The molecule has 0 bridgehead atoms. The third-order valence-corrected chi connectivity index (χ3v) is 3.04. The van der Waals surface area contributed by atoms with Crippen LogP contribution in [-0.2, 0) is 4.79 Å². The fourth-order valence-electron chi connectivity index (χ4n) is 1.75. The first-order valence-electron chi connectivity index (χ1n) is 4.69. The normalized spacial score (nSPS) is 23.6. The molecular weight excluding hydrogens is 216 g/mol. The summed E-state index contributed by atoms with van der Waals surface area (Å²) in [6.07, 6.45) is 0.682. The summed E-state index contributed by atoms with van der Waals surface area (Å²) < 4.78 is 5.02. The third-order valence-electron chi connectivity index (χ3n) is 2.71. The monoisotopic (exact) mass is 226 g/mol. The summed E-state index contributed by atoms with van der Waals surface area (Å²) in [7, 11) is 1.57. The summed E-state index contributed by atoms with van der Waals surface area (Å²) in [5.41, 5.74) is 0.907. The summed E-state index contributed by atoms with van der Waals surface area (Å²) in [5, 5.41) is 9.40. The van der Waals surface area contributed by atoms with E-state index >= 15 is 0 Å². The average molecular weight is 227 g/mol. The Morgan fingerprint density at radius 3 is 2.80 bits per heavy atom. The molecule has 0 radical (unpaired) electrons. The number of halogens is 1. The Kier molecular flexibility index (Phi) is 2.57. The Bertz CT molecular complexity index is 403. The van der Waals surface area contributed by atoms with E-state index < -0.39 is 5.97 Å². The van der Waals surface area contributed by atoms with Crippen molar-refractivity contribution in [2.45, 2.75) is 12.3 Å². The Labute approximate surface area is 92.6 Å². The smallest absolute Gasteiger partial charge is 0.307 e. The summed E-state index contributed by atoms with van der Waals surface area (Å²) in [6.45, 7) is 0. The Hall–Kier alpha value is -1.22. The maximum atomic E-state index is 10.7. The molecule has 1 N–H and O–H groups in total. The van der Waals surface area contributed by atoms with Crippen LogP contribution in [-0.4, -0.2) is 18.2 Å². The minimum absolute atomic E-state index is 0.0703. The zero-order valence-electron chi connectivity index (χ0n) is 8.24. The second kappa shape index (κ2) is 3.74. The van der Waals surface area contributed by atoms with Crippen molar-refractivity contribution in [3.05, 3.63) is 28.8 Å². The molecule has 0 aromatic heterocycles. The number of hydrogen-bond acceptors (Lipinski definition) is 2. The van der Waals surface area contributed by atoms with Gasteiger partial charge in [0.1, 0.15) is 5.75 Å². The fourth-order valence-corrected chi connectivity index (χ4v) is 2.06. The van der Waals surface area contributed by atoms with Crippen molar-refractivity contribution in [3.63, 3.8) is 0 Å². The van der Waals surface area contributed by atoms with E-state index in [1.54, 1.807) is 19.2 Å². The van der Waals surface area contributed by atoms with Gasteiger partial charge in [-0.2, -0.15) is 0 Å². The highest BCUT2D eigenvalue weighted by atomic mass is 35.5. The van der Waals surface area contributed by atoms with Crippen LogP contribution in [0.1, 0.15) is 17.9 Å². The highest BCUT2D eigenvalue weighted by molar-refractivity contribution is 6.31. The minimum atomic E-state index is -0.744. The molecule has 3 nitrogen and oxygen atoms in total. The van der Waals surface area contributed by atoms with Crippen molar-refractivity contribution in [2.24, 2.45) is 5.92 Å². The molecule has 0 amide bonds. The van der Waals surface area contributed by atoms with Crippen molar-refractivity contribution in [2.75, 3.05) is 7.11 Å². The van der Waals surface area contributed by atoms with Gasteiger partial charge in [-0.1, -0.05) is 17.7 Å². The summed E-state index contributed by atoms with van der Waals surface area (Å²) in [5.74, 6) is -0.250. The number of benzene rings is 1. The Morgan fingerprint density at radius 1 is 1.60 bits per heavy atom. The number of methoxy groups -OCH3 is 1. The predicted molar refractivity (Wildman–Crippen MR) is 56.5 cm³/mol. The number of carbonyl (C=O) groups is 1. The van der Waals surface area contributed by atoms with Crippen molar-refractivity contribution < 1.29 is 14.6 Å². The van der Waals surface area contributed by atoms with Crippen LogP contribution in [0.25, 0.3) is 0 Å². The molecule has 0 aliphatic heterocycles. The van der Waals surface area contributed by atoms with Gasteiger partial charge in [-0.05, 0) is 30.0 Å². The summed E-state index contributed by atoms with van der Waals surface area (Å²) in [6, 6.07) is 5.36. The SMILES string of the molecule is COc1ccc([C@@H]2C[C@H]2C(=O)O)c(Cl)c1. The van der Waals surface area contributed by atoms with Crippen molar-refractivity contribution in [3.8, 4) is 5.75 Å². The molecule has 2 atom stereocenters. The first-order valence-corrected chi connectivity index (χ1v) is 5.07. The molecule has 0 heterocycles. The van der Waals surface area contributed by atoms with Gasteiger partial charge in [0.15, 0.2) is 0 Å². The number of ether oxygens (including phenoxy) is 1. The molecule has 15 heavy (non-hydrogen) atoms. The van der Waals surface area contributed by atoms with Gasteiger partial charge in [0.25, 0.3) is 0 Å². The lowest BCUT2D eigenvalue weighted by molar-refractivity contribution is -0.138. The molecule has 0 unspecified atom stereocenters. The Morgan fingerprint density at radius 2 is 2.33 bits per heavy atom. The van der Waals surface area contributed by atoms with E-state index in [4.69, 9.17) is 21.4 Å². The van der Waals surface area contributed by atoms with E-state index in [9.17, 15) is 4.79 Å². The van der Waals surface area contributed by atoms with E-state index in [0.717, 1.165) is 5.56 Å². The van der Waals surface area contributed by atoms with E-state index in [1.165, 1.54) is 0 Å². The molecule has 0 saturated heterocycles. The lowest BCUT2D eigenvalue weighted by Crippen LogP contribution is -1.99. The van der Waals surface area contributed by atoms with Gasteiger partial charge in [-0.3, -0.25) is 4.79 Å². The lowest BCUT2D eigenvalue weighted by Gasteiger charge is -2.05. The molecular formula is C11H11ClO3. The lowest BCUT2D eigenvalue weighted by atomic mass is 10.1. The highest BCUT2D eigenvalue weighted by Crippen LogP contribution is 2.50. The molecule has 1 aromatic carbocycles. The molecule has 1 aliphatic rings. The molecule has 0 spiro atoms. The highest BCUT2D eigenvalue weighted by Gasteiger charge is 2.45. The van der Waals surface area contributed by atoms with Crippen molar-refractivity contribution in [1.82, 2.24) is 0 Å². The van der Waals surface area contributed by atoms with Gasteiger partial charge in [-0.25, -0.2) is 0 Å². The molecule has 1 aromatic rings. The summed E-state index contributed by atoms with van der Waals surface area (Å²) in [4.78, 5) is 10.7. The van der Waals surface area contributed by atoms with Gasteiger partial charge in [-0.15, -0.1) is 0 Å². The second-order valence-corrected chi connectivity index (χ2v) is 4.08. The summed E-state index contributed by atoms with van der Waals surface area (Å²) >= 11 is 6.04. The third kappa shape index (κ3) is 1.92. The van der Waals surface area contributed by atoms with Crippen LogP contribution in [0.15, 0.2) is 18.2 Å². The van der Waals surface area contributed by atoms with Crippen LogP contribution in [0, 0.1) is 5.92 Å². The first kappa shape index (κ1) is 10.3. The number of hydrogen-bond donors (Lipinski definition) is 1. The number of aliphatic carboxylic acids is 1. The van der Waals surface area contributed by atoms with Crippen LogP contribution in [0.2, 0.25) is 5.02 Å². The van der Waals surface area contributed by atoms with Crippen LogP contribution in [0.4, 0.5) is 0 Å². The quantitative estimate of drug-likeness (QED) is 0.862. The van der Waals surface area contributed by atoms with E-state index in [-0.39, 0.29) is 11.8 Å². The maximum absolute atomic E-state index is 10.7. The minimum Gasteiger partial charge on any atom is -0.497 e. The van der Waals surface area contributed by atoms with Gasteiger partial charge >= 0.3 is 5.97 Å².